The van der Waals surface area contributed by atoms with Crippen LogP contribution in [0.15, 0.2) is 46.9 Å². The Hall–Kier alpha value is -1.79. The van der Waals surface area contributed by atoms with Crippen LogP contribution in [0.2, 0.25) is 0 Å². The van der Waals surface area contributed by atoms with Crippen LogP contribution in [0.5, 0.6) is 0 Å². The van der Waals surface area contributed by atoms with Gasteiger partial charge >= 0.3 is 0 Å². The summed E-state index contributed by atoms with van der Waals surface area (Å²) in [7, 11) is 0. The molecule has 23 heavy (non-hydrogen) atoms. The van der Waals surface area contributed by atoms with Gasteiger partial charge in [0.15, 0.2) is 18.2 Å². The summed E-state index contributed by atoms with van der Waals surface area (Å²) in [5.41, 5.74) is 1.38. The van der Waals surface area contributed by atoms with Gasteiger partial charge in [0.1, 0.15) is 6.04 Å². The van der Waals surface area contributed by atoms with Crippen LogP contribution in [0.4, 0.5) is 14.5 Å². The molecule has 0 unspecified atom stereocenters. The fourth-order valence-corrected chi connectivity index (χ4v) is 2.55. The molecule has 0 aliphatic rings. The lowest BCUT2D eigenvalue weighted by Crippen LogP contribution is -2.87. The number of amides is 1. The van der Waals surface area contributed by atoms with E-state index >= 15 is 0 Å². The van der Waals surface area contributed by atoms with E-state index in [1.165, 1.54) is 6.07 Å². The van der Waals surface area contributed by atoms with E-state index in [9.17, 15) is 13.6 Å². The maximum absolute atomic E-state index is 13.1. The largest absolute Gasteiger partial charge is 0.332 e. The first-order chi connectivity index (χ1) is 11.0. The molecule has 0 heterocycles. The second-order valence-electron chi connectivity index (χ2n) is 5.18. The molecule has 0 bridgehead atoms. The number of quaternary nitrogens is 1. The average molecular weight is 384 g/mol. The normalized spacial score (nSPS) is 12.0. The van der Waals surface area contributed by atoms with Gasteiger partial charge in [-0.1, -0.05) is 35.0 Å². The summed E-state index contributed by atoms with van der Waals surface area (Å²) in [5.74, 6) is -2.17. The van der Waals surface area contributed by atoms with Gasteiger partial charge in [-0.15, -0.1) is 0 Å². The van der Waals surface area contributed by atoms with Crippen LogP contribution < -0.4 is 10.6 Å². The first kappa shape index (κ1) is 17.6. The SMILES string of the molecule is CC[C@@H]([NH2+]CC(=O)Nc1ccc(F)c(F)c1)c1ccc(Br)cc1. The molecule has 0 aromatic heterocycles. The Morgan fingerprint density at radius 1 is 1.17 bits per heavy atom. The molecule has 2 aromatic carbocycles. The smallest absolute Gasteiger partial charge is 0.279 e. The highest BCUT2D eigenvalue weighted by Crippen LogP contribution is 2.16. The van der Waals surface area contributed by atoms with E-state index in [-0.39, 0.29) is 24.2 Å². The van der Waals surface area contributed by atoms with Gasteiger partial charge in [-0.05, 0) is 24.3 Å². The van der Waals surface area contributed by atoms with Gasteiger partial charge in [-0.2, -0.15) is 0 Å². The Balaban J connectivity index is 1.91. The van der Waals surface area contributed by atoms with Gasteiger partial charge in [0, 0.05) is 28.2 Å². The van der Waals surface area contributed by atoms with Crippen molar-refractivity contribution in [2.24, 2.45) is 0 Å². The summed E-state index contributed by atoms with van der Waals surface area (Å²) in [5, 5.41) is 4.49. The van der Waals surface area contributed by atoms with Gasteiger partial charge in [0.2, 0.25) is 0 Å². The maximum atomic E-state index is 13.1. The highest BCUT2D eigenvalue weighted by Gasteiger charge is 2.15. The second-order valence-corrected chi connectivity index (χ2v) is 6.10. The fourth-order valence-electron chi connectivity index (χ4n) is 2.28. The molecule has 0 spiro atoms. The van der Waals surface area contributed by atoms with Crippen LogP contribution in [0.25, 0.3) is 0 Å². The quantitative estimate of drug-likeness (QED) is 0.788. The number of carbonyl (C=O) groups excluding carboxylic acids is 1. The van der Waals surface area contributed by atoms with Crippen LogP contribution in [0.3, 0.4) is 0 Å². The number of hydrogen-bond donors (Lipinski definition) is 2. The number of hydrogen-bond acceptors (Lipinski definition) is 1. The second kappa shape index (κ2) is 8.17. The highest BCUT2D eigenvalue weighted by atomic mass is 79.9. The molecule has 122 valence electrons. The number of anilines is 1. The lowest BCUT2D eigenvalue weighted by molar-refractivity contribution is -0.686. The molecule has 2 aromatic rings. The summed E-state index contributed by atoms with van der Waals surface area (Å²) in [6, 6.07) is 11.4. The highest BCUT2D eigenvalue weighted by molar-refractivity contribution is 9.10. The van der Waals surface area contributed by atoms with E-state index in [4.69, 9.17) is 0 Å². The minimum absolute atomic E-state index is 0.166. The monoisotopic (exact) mass is 383 g/mol. The average Bonchev–Trinajstić information content (AvgIpc) is 2.53. The van der Waals surface area contributed by atoms with Crippen molar-refractivity contribution >= 4 is 27.5 Å². The molecular weight excluding hydrogens is 366 g/mol. The van der Waals surface area contributed by atoms with Gasteiger partial charge in [0.05, 0.1) is 0 Å². The maximum Gasteiger partial charge on any atom is 0.279 e. The zero-order chi connectivity index (χ0) is 16.8. The van der Waals surface area contributed by atoms with Crippen molar-refractivity contribution in [1.29, 1.82) is 0 Å². The van der Waals surface area contributed by atoms with Crippen LogP contribution in [-0.2, 0) is 4.79 Å². The standard InChI is InChI=1S/C17H17BrF2N2O/c1-2-16(11-3-5-12(18)6-4-11)21-10-17(23)22-13-7-8-14(19)15(20)9-13/h3-9,16,21H,2,10H2,1H3,(H,22,23)/p+1/t16-/m1/s1. The van der Waals surface area contributed by atoms with Crippen LogP contribution in [0.1, 0.15) is 24.9 Å². The van der Waals surface area contributed by atoms with E-state index in [1.807, 2.05) is 29.6 Å². The molecule has 1 amide bonds. The predicted molar refractivity (Wildman–Crippen MR) is 89.0 cm³/mol. The molecular formula is C17H18BrF2N2O+. The third kappa shape index (κ3) is 5.11. The van der Waals surface area contributed by atoms with Gasteiger partial charge < -0.3 is 10.6 Å². The molecule has 1 atom stereocenters. The molecule has 2 rings (SSSR count). The van der Waals surface area contributed by atoms with Gasteiger partial charge in [0.25, 0.3) is 5.91 Å². The Bertz CT molecular complexity index is 677. The Kier molecular flexibility index (Phi) is 6.24. The summed E-state index contributed by atoms with van der Waals surface area (Å²) in [6.45, 7) is 2.25. The number of carbonyl (C=O) groups is 1. The van der Waals surface area contributed by atoms with Crippen molar-refractivity contribution in [1.82, 2.24) is 0 Å². The van der Waals surface area contributed by atoms with Crippen molar-refractivity contribution < 1.29 is 18.9 Å². The third-order valence-corrected chi connectivity index (χ3v) is 4.06. The van der Waals surface area contributed by atoms with Crippen LogP contribution in [0, 0.1) is 11.6 Å². The van der Waals surface area contributed by atoms with E-state index in [0.717, 1.165) is 28.6 Å². The third-order valence-electron chi connectivity index (χ3n) is 3.53. The molecule has 3 N–H and O–H groups in total. The van der Waals surface area contributed by atoms with E-state index in [2.05, 4.69) is 28.2 Å². The minimum Gasteiger partial charge on any atom is -0.332 e. The molecule has 6 heteroatoms. The number of nitrogens with one attached hydrogen (secondary N) is 1. The summed E-state index contributed by atoms with van der Waals surface area (Å²) < 4.78 is 27.0. The van der Waals surface area contributed by atoms with Crippen molar-refractivity contribution in [3.05, 3.63) is 64.1 Å². The van der Waals surface area contributed by atoms with Crippen molar-refractivity contribution in [3.8, 4) is 0 Å². The van der Waals surface area contributed by atoms with Crippen LogP contribution >= 0.6 is 15.9 Å². The molecule has 0 radical (unpaired) electrons. The number of nitrogens with two attached hydrogens (primary N) is 1. The fraction of sp³-hybridized carbons (Fsp3) is 0.235. The zero-order valence-corrected chi connectivity index (χ0v) is 14.2. The number of halogens is 3. The Morgan fingerprint density at radius 2 is 1.87 bits per heavy atom. The molecule has 0 saturated heterocycles. The Labute approximate surface area is 142 Å². The van der Waals surface area contributed by atoms with Crippen molar-refractivity contribution in [3.63, 3.8) is 0 Å². The first-order valence-electron chi connectivity index (χ1n) is 7.33. The summed E-state index contributed by atoms with van der Waals surface area (Å²) >= 11 is 3.40. The van der Waals surface area contributed by atoms with E-state index < -0.39 is 11.6 Å². The van der Waals surface area contributed by atoms with Gasteiger partial charge in [-0.3, -0.25) is 4.79 Å². The van der Waals surface area contributed by atoms with Crippen molar-refractivity contribution in [2.75, 3.05) is 11.9 Å². The van der Waals surface area contributed by atoms with Gasteiger partial charge in [-0.25, -0.2) is 8.78 Å². The Morgan fingerprint density at radius 3 is 2.48 bits per heavy atom. The summed E-state index contributed by atoms with van der Waals surface area (Å²) in [6.07, 6.45) is 0.875. The lowest BCUT2D eigenvalue weighted by atomic mass is 10.0. The van der Waals surface area contributed by atoms with Crippen molar-refractivity contribution in [2.45, 2.75) is 19.4 Å². The molecule has 0 fully saturated rings. The molecule has 3 nitrogen and oxygen atoms in total. The first-order valence-corrected chi connectivity index (χ1v) is 8.12. The molecule has 0 aliphatic heterocycles. The van der Waals surface area contributed by atoms with E-state index in [1.54, 1.807) is 0 Å². The topological polar surface area (TPSA) is 45.7 Å². The molecule has 0 aliphatic carbocycles. The number of rotatable bonds is 6. The predicted octanol–water partition coefficient (Wildman–Crippen LogP) is 3.38. The molecule has 0 saturated carbocycles. The number of benzene rings is 2. The zero-order valence-electron chi connectivity index (χ0n) is 12.7. The summed E-state index contributed by atoms with van der Waals surface area (Å²) in [4.78, 5) is 11.9. The van der Waals surface area contributed by atoms with E-state index in [0.29, 0.717) is 0 Å². The minimum atomic E-state index is -0.979. The van der Waals surface area contributed by atoms with Crippen LogP contribution in [-0.4, -0.2) is 12.5 Å². The lowest BCUT2D eigenvalue weighted by Gasteiger charge is -2.14.